The lowest BCUT2D eigenvalue weighted by atomic mass is 10.2. The second-order valence-electron chi connectivity index (χ2n) is 5.78. The van der Waals surface area contributed by atoms with Crippen molar-refractivity contribution in [3.8, 4) is 0 Å². The molecule has 0 bridgehead atoms. The van der Waals surface area contributed by atoms with E-state index >= 15 is 0 Å². The van der Waals surface area contributed by atoms with Crippen LogP contribution in [0.1, 0.15) is 31.0 Å². The summed E-state index contributed by atoms with van der Waals surface area (Å²) in [5, 5.41) is 8.71. The van der Waals surface area contributed by atoms with Crippen LogP contribution in [-0.4, -0.2) is 63.2 Å². The number of imidazole rings is 1. The molecule has 0 unspecified atom stereocenters. The number of aromatic nitrogens is 2. The molecule has 1 aromatic heterocycles. The lowest BCUT2D eigenvalue weighted by Gasteiger charge is -2.34. The van der Waals surface area contributed by atoms with E-state index in [0.717, 1.165) is 32.7 Å². The van der Waals surface area contributed by atoms with Crippen LogP contribution >= 0.6 is 0 Å². The highest BCUT2D eigenvalue weighted by Crippen LogP contribution is 2.35. The Balaban J connectivity index is 1.46. The number of carboxylic acids is 1. The minimum absolute atomic E-state index is 0.244. The summed E-state index contributed by atoms with van der Waals surface area (Å²) >= 11 is 0. The van der Waals surface area contributed by atoms with Gasteiger partial charge in [0.05, 0.1) is 18.4 Å². The fourth-order valence-electron chi connectivity index (χ4n) is 2.79. The minimum atomic E-state index is -0.708. The molecule has 1 aliphatic carbocycles. The molecule has 0 aromatic carbocycles. The fraction of sp³-hybridized carbons (Fsp3) is 0.714. The van der Waals surface area contributed by atoms with E-state index in [1.54, 1.807) is 0 Å². The number of carboxylic acid groups (broad SMARTS) is 1. The van der Waals surface area contributed by atoms with E-state index in [2.05, 4.69) is 19.4 Å². The van der Waals surface area contributed by atoms with Gasteiger partial charge in [0.1, 0.15) is 0 Å². The summed E-state index contributed by atoms with van der Waals surface area (Å²) in [6, 6.07) is 0.685. The number of nitrogens with zero attached hydrogens (tertiary/aromatic N) is 4. The first-order valence-electron chi connectivity index (χ1n) is 7.39. The van der Waals surface area contributed by atoms with Crippen LogP contribution in [0.5, 0.6) is 0 Å². The summed E-state index contributed by atoms with van der Waals surface area (Å²) in [6.07, 6.45) is 6.75. The van der Waals surface area contributed by atoms with E-state index < -0.39 is 5.97 Å². The Morgan fingerprint density at radius 1 is 1.25 bits per heavy atom. The summed E-state index contributed by atoms with van der Waals surface area (Å²) in [6.45, 7) is 5.58. The highest BCUT2D eigenvalue weighted by molar-refractivity contribution is 5.66. The molecule has 6 heteroatoms. The van der Waals surface area contributed by atoms with Gasteiger partial charge in [-0.15, -0.1) is 0 Å². The molecule has 20 heavy (non-hydrogen) atoms. The topological polar surface area (TPSA) is 61.6 Å². The maximum Gasteiger partial charge on any atom is 0.304 e. The standard InChI is InChI=1S/C14H22N4O2/c19-14(20)3-4-16-5-7-17(8-6-16)10-13-9-15-11-18(13)12-1-2-12/h9,11-12H,1-8,10H2,(H,19,20). The van der Waals surface area contributed by atoms with Crippen molar-refractivity contribution in [2.45, 2.75) is 31.8 Å². The maximum absolute atomic E-state index is 10.6. The van der Waals surface area contributed by atoms with Crippen LogP contribution in [0.15, 0.2) is 12.5 Å². The van der Waals surface area contributed by atoms with Crippen LogP contribution in [0.3, 0.4) is 0 Å². The van der Waals surface area contributed by atoms with Gasteiger partial charge in [-0.1, -0.05) is 0 Å². The highest BCUT2D eigenvalue weighted by atomic mass is 16.4. The first-order chi connectivity index (χ1) is 9.72. The average Bonchev–Trinajstić information content (AvgIpc) is 3.18. The zero-order valence-corrected chi connectivity index (χ0v) is 11.7. The van der Waals surface area contributed by atoms with Gasteiger partial charge in [-0.3, -0.25) is 9.69 Å². The second kappa shape index (κ2) is 5.93. The predicted molar refractivity (Wildman–Crippen MR) is 74.5 cm³/mol. The Kier molecular flexibility index (Phi) is 4.03. The third kappa shape index (κ3) is 3.37. The lowest BCUT2D eigenvalue weighted by molar-refractivity contribution is -0.137. The van der Waals surface area contributed by atoms with E-state index in [0.29, 0.717) is 12.6 Å². The van der Waals surface area contributed by atoms with E-state index in [1.165, 1.54) is 18.5 Å². The summed E-state index contributed by atoms with van der Waals surface area (Å²) in [5.74, 6) is -0.708. The van der Waals surface area contributed by atoms with E-state index in [1.807, 2.05) is 12.5 Å². The van der Waals surface area contributed by atoms with Crippen LogP contribution in [0.25, 0.3) is 0 Å². The monoisotopic (exact) mass is 278 g/mol. The third-order valence-electron chi connectivity index (χ3n) is 4.18. The molecule has 1 aromatic rings. The molecule has 1 N–H and O–H groups in total. The number of rotatable bonds is 6. The first kappa shape index (κ1) is 13.6. The van der Waals surface area contributed by atoms with Crippen molar-refractivity contribution in [3.63, 3.8) is 0 Å². The minimum Gasteiger partial charge on any atom is -0.481 e. The van der Waals surface area contributed by atoms with Gasteiger partial charge >= 0.3 is 5.97 Å². The molecule has 1 saturated carbocycles. The Bertz CT molecular complexity index is 461. The van der Waals surface area contributed by atoms with Crippen molar-refractivity contribution in [2.24, 2.45) is 0 Å². The number of hydrogen-bond donors (Lipinski definition) is 1. The highest BCUT2D eigenvalue weighted by Gasteiger charge is 2.26. The quantitative estimate of drug-likeness (QED) is 0.834. The van der Waals surface area contributed by atoms with E-state index in [4.69, 9.17) is 5.11 Å². The van der Waals surface area contributed by atoms with Gasteiger partial charge in [-0.25, -0.2) is 4.98 Å². The van der Waals surface area contributed by atoms with Crippen molar-refractivity contribution in [2.75, 3.05) is 32.7 Å². The Morgan fingerprint density at radius 2 is 1.95 bits per heavy atom. The van der Waals surface area contributed by atoms with Crippen molar-refractivity contribution in [3.05, 3.63) is 18.2 Å². The van der Waals surface area contributed by atoms with Gasteiger partial charge < -0.3 is 14.6 Å². The molecule has 2 heterocycles. The number of carbonyl (C=O) groups is 1. The zero-order valence-electron chi connectivity index (χ0n) is 11.7. The molecule has 0 amide bonds. The van der Waals surface area contributed by atoms with E-state index in [-0.39, 0.29) is 6.42 Å². The molecule has 3 rings (SSSR count). The lowest BCUT2D eigenvalue weighted by Crippen LogP contribution is -2.46. The molecular formula is C14H22N4O2. The summed E-state index contributed by atoms with van der Waals surface area (Å²) < 4.78 is 2.32. The van der Waals surface area contributed by atoms with Crippen LogP contribution in [-0.2, 0) is 11.3 Å². The number of aliphatic carboxylic acids is 1. The molecular weight excluding hydrogens is 256 g/mol. The van der Waals surface area contributed by atoms with Gasteiger partial charge in [0.25, 0.3) is 0 Å². The van der Waals surface area contributed by atoms with Gasteiger partial charge in [-0.05, 0) is 12.8 Å². The van der Waals surface area contributed by atoms with Gasteiger partial charge in [0, 0.05) is 51.5 Å². The van der Waals surface area contributed by atoms with Gasteiger partial charge in [0.15, 0.2) is 0 Å². The smallest absolute Gasteiger partial charge is 0.304 e. The molecule has 2 fully saturated rings. The molecule has 0 atom stereocenters. The van der Waals surface area contributed by atoms with Gasteiger partial charge in [-0.2, -0.15) is 0 Å². The summed E-state index contributed by atoms with van der Waals surface area (Å²) in [7, 11) is 0. The van der Waals surface area contributed by atoms with Crippen LogP contribution in [0.2, 0.25) is 0 Å². The van der Waals surface area contributed by atoms with Crippen molar-refractivity contribution < 1.29 is 9.90 Å². The molecule has 1 saturated heterocycles. The maximum atomic E-state index is 10.6. The van der Waals surface area contributed by atoms with Crippen LogP contribution < -0.4 is 0 Å². The number of hydrogen-bond acceptors (Lipinski definition) is 4. The summed E-state index contributed by atoms with van der Waals surface area (Å²) in [5.41, 5.74) is 1.31. The molecule has 110 valence electrons. The average molecular weight is 278 g/mol. The molecule has 1 aliphatic heterocycles. The molecule has 2 aliphatic rings. The Labute approximate surface area is 119 Å². The first-order valence-corrected chi connectivity index (χ1v) is 7.39. The Morgan fingerprint density at radius 3 is 2.60 bits per heavy atom. The van der Waals surface area contributed by atoms with E-state index in [9.17, 15) is 4.79 Å². The molecule has 6 nitrogen and oxygen atoms in total. The normalized spacial score (nSPS) is 21.2. The largest absolute Gasteiger partial charge is 0.481 e. The second-order valence-corrected chi connectivity index (χ2v) is 5.78. The fourth-order valence-corrected chi connectivity index (χ4v) is 2.79. The third-order valence-corrected chi connectivity index (χ3v) is 4.18. The van der Waals surface area contributed by atoms with Crippen molar-refractivity contribution >= 4 is 5.97 Å². The number of piperazine rings is 1. The SMILES string of the molecule is O=C(O)CCN1CCN(Cc2cncn2C2CC2)CC1. The molecule has 0 spiro atoms. The van der Waals surface area contributed by atoms with Crippen molar-refractivity contribution in [1.82, 2.24) is 19.4 Å². The summed E-state index contributed by atoms with van der Waals surface area (Å²) in [4.78, 5) is 19.5. The van der Waals surface area contributed by atoms with Crippen LogP contribution in [0.4, 0.5) is 0 Å². The van der Waals surface area contributed by atoms with Gasteiger partial charge in [0.2, 0.25) is 0 Å². The van der Waals surface area contributed by atoms with Crippen LogP contribution in [0, 0.1) is 0 Å². The Hall–Kier alpha value is -1.40. The predicted octanol–water partition coefficient (Wildman–Crippen LogP) is 0.810. The van der Waals surface area contributed by atoms with Crippen molar-refractivity contribution in [1.29, 1.82) is 0 Å². The zero-order chi connectivity index (χ0) is 13.9. The molecule has 0 radical (unpaired) electrons.